The molecule has 1 aliphatic rings. The first-order valence-electron chi connectivity index (χ1n) is 8.87. The minimum atomic E-state index is -2.55. The van der Waals surface area contributed by atoms with Crippen LogP contribution < -0.4 is 22.0 Å². The van der Waals surface area contributed by atoms with E-state index in [0.29, 0.717) is 17.1 Å². The number of hydrogen-bond donors (Lipinski definition) is 5. The number of amides is 1. The standard InChI is InChI=1S/C17H21FN7O5P/c1-24(20)16(23-19)22-15-5-2-10(7-21-15)13-4-3-11(6-14(13)18)25-8-12(30-17(25)26)9-29-31(27)28/h2-7,12,27-28H,8-9,19-20H2,1H3,(H,21,22,23)/t12-/m1/s1. The highest BCUT2D eigenvalue weighted by Gasteiger charge is 2.33. The Bertz CT molecular complexity index is 960. The van der Waals surface area contributed by atoms with Gasteiger partial charge in [-0.2, -0.15) is 4.99 Å². The molecule has 2 aromatic rings. The van der Waals surface area contributed by atoms with Gasteiger partial charge in [-0.05, 0) is 30.3 Å². The number of benzene rings is 1. The first kappa shape index (κ1) is 22.7. The molecule has 0 spiro atoms. The number of pyridine rings is 1. The predicted molar refractivity (Wildman–Crippen MR) is 111 cm³/mol. The molecule has 1 fully saturated rings. The van der Waals surface area contributed by atoms with Crippen molar-refractivity contribution in [3.8, 4) is 11.1 Å². The Balaban J connectivity index is 1.75. The summed E-state index contributed by atoms with van der Waals surface area (Å²) in [6.45, 7) is -0.0918. The summed E-state index contributed by atoms with van der Waals surface area (Å²) in [6.07, 6.45) is 0.0671. The molecule has 0 saturated carbocycles. The molecule has 0 radical (unpaired) electrons. The van der Waals surface area contributed by atoms with Gasteiger partial charge in [0.05, 0.1) is 18.8 Å². The number of nitrogens with two attached hydrogens (primary N) is 2. The first-order chi connectivity index (χ1) is 14.8. The fourth-order valence-corrected chi connectivity index (χ4v) is 3.11. The third-order valence-corrected chi connectivity index (χ3v) is 4.64. The number of halogens is 1. The maximum atomic E-state index is 14.8. The van der Waals surface area contributed by atoms with E-state index in [-0.39, 0.29) is 24.7 Å². The molecule has 1 amide bonds. The van der Waals surface area contributed by atoms with Crippen LogP contribution in [-0.2, 0) is 9.26 Å². The van der Waals surface area contributed by atoms with E-state index < -0.39 is 26.6 Å². The molecular weight excluding hydrogens is 432 g/mol. The monoisotopic (exact) mass is 453 g/mol. The second-order valence-electron chi connectivity index (χ2n) is 6.42. The normalized spacial score (nSPS) is 16.6. The minimum Gasteiger partial charge on any atom is -0.441 e. The highest BCUT2D eigenvalue weighted by molar-refractivity contribution is 7.39. The molecule has 0 unspecified atom stereocenters. The molecule has 1 aromatic carbocycles. The molecule has 12 nitrogen and oxygen atoms in total. The van der Waals surface area contributed by atoms with Gasteiger partial charge < -0.3 is 19.0 Å². The van der Waals surface area contributed by atoms with E-state index >= 15 is 0 Å². The number of aliphatic imine (C=N–C) groups is 1. The zero-order valence-electron chi connectivity index (χ0n) is 16.3. The summed E-state index contributed by atoms with van der Waals surface area (Å²) in [5.74, 6) is 10.8. The van der Waals surface area contributed by atoms with E-state index in [1.807, 2.05) is 0 Å². The summed E-state index contributed by atoms with van der Waals surface area (Å²) in [5.41, 5.74) is 3.41. The third kappa shape index (κ3) is 5.61. The molecule has 2 heterocycles. The number of carbonyl (C=O) groups excluding carboxylic acids is 1. The van der Waals surface area contributed by atoms with Crippen LogP contribution >= 0.6 is 8.60 Å². The van der Waals surface area contributed by atoms with Gasteiger partial charge >= 0.3 is 14.7 Å². The number of nitrogens with one attached hydrogen (secondary N) is 1. The summed E-state index contributed by atoms with van der Waals surface area (Å²) in [5, 5.41) is 1.18. The number of hydrazine groups is 2. The largest absolute Gasteiger partial charge is 0.441 e. The predicted octanol–water partition coefficient (Wildman–Crippen LogP) is 0.697. The fourth-order valence-electron chi connectivity index (χ4n) is 2.81. The summed E-state index contributed by atoms with van der Waals surface area (Å²) >= 11 is 0. The maximum absolute atomic E-state index is 14.8. The van der Waals surface area contributed by atoms with Gasteiger partial charge in [-0.1, -0.05) is 0 Å². The Morgan fingerprint density at radius 3 is 2.84 bits per heavy atom. The van der Waals surface area contributed by atoms with Crippen LogP contribution in [0.25, 0.3) is 11.1 Å². The van der Waals surface area contributed by atoms with Gasteiger partial charge in [0.1, 0.15) is 11.9 Å². The van der Waals surface area contributed by atoms with E-state index in [9.17, 15) is 9.18 Å². The molecule has 0 bridgehead atoms. The van der Waals surface area contributed by atoms with Crippen LogP contribution in [0.5, 0.6) is 0 Å². The molecule has 1 saturated heterocycles. The van der Waals surface area contributed by atoms with Crippen molar-refractivity contribution in [1.82, 2.24) is 15.4 Å². The van der Waals surface area contributed by atoms with Crippen LogP contribution in [0, 0.1) is 5.82 Å². The first-order valence-corrected chi connectivity index (χ1v) is 10.0. The van der Waals surface area contributed by atoms with Crippen LogP contribution in [-0.4, -0.2) is 58.1 Å². The number of nitrogens with zero attached hydrogens (tertiary/aromatic N) is 4. The molecule has 7 N–H and O–H groups in total. The Kier molecular flexibility index (Phi) is 7.28. The lowest BCUT2D eigenvalue weighted by molar-refractivity contribution is 0.0987. The SMILES string of the molecule is CN(N)C(=Nc1ccc(-c2ccc(N3C[C@H](COP(O)O)OC3=O)cc2F)cn1)NN. The molecule has 1 aromatic heterocycles. The molecule has 166 valence electrons. The molecule has 31 heavy (non-hydrogen) atoms. The van der Waals surface area contributed by atoms with Gasteiger partial charge in [0, 0.05) is 24.4 Å². The van der Waals surface area contributed by atoms with E-state index in [1.165, 1.54) is 28.2 Å². The van der Waals surface area contributed by atoms with E-state index in [0.717, 1.165) is 0 Å². The van der Waals surface area contributed by atoms with Crippen LogP contribution in [0.1, 0.15) is 0 Å². The quantitative estimate of drug-likeness (QED) is 0.138. The lowest BCUT2D eigenvalue weighted by atomic mass is 10.1. The van der Waals surface area contributed by atoms with Crippen molar-refractivity contribution in [2.24, 2.45) is 16.7 Å². The average Bonchev–Trinajstić information content (AvgIpc) is 3.11. The number of rotatable bonds is 6. The van der Waals surface area contributed by atoms with Crippen molar-refractivity contribution in [3.05, 3.63) is 42.3 Å². The Hall–Kier alpha value is -2.93. The zero-order chi connectivity index (χ0) is 22.5. The number of ether oxygens (including phenoxy) is 1. The second-order valence-corrected chi connectivity index (χ2v) is 7.19. The van der Waals surface area contributed by atoms with Crippen molar-refractivity contribution in [1.29, 1.82) is 0 Å². The molecule has 3 rings (SSSR count). The maximum Gasteiger partial charge on any atom is 0.414 e. The van der Waals surface area contributed by atoms with Crippen molar-refractivity contribution < 1.29 is 28.2 Å². The molecule has 0 aliphatic carbocycles. The summed E-state index contributed by atoms with van der Waals surface area (Å²) in [6, 6.07) is 7.50. The minimum absolute atomic E-state index is 0.0855. The summed E-state index contributed by atoms with van der Waals surface area (Å²) in [7, 11) is -1.00. The fraction of sp³-hybridized carbons (Fsp3) is 0.235. The van der Waals surface area contributed by atoms with Crippen molar-refractivity contribution in [2.45, 2.75) is 6.10 Å². The number of cyclic esters (lactones) is 1. The van der Waals surface area contributed by atoms with E-state index in [2.05, 4.69) is 19.9 Å². The Labute approximate surface area is 177 Å². The number of guanidine groups is 1. The lowest BCUT2D eigenvalue weighted by Crippen LogP contribution is -2.46. The van der Waals surface area contributed by atoms with Gasteiger partial charge in [0.15, 0.2) is 5.82 Å². The van der Waals surface area contributed by atoms with Crippen LogP contribution in [0.4, 0.5) is 20.7 Å². The smallest absolute Gasteiger partial charge is 0.414 e. The van der Waals surface area contributed by atoms with Crippen molar-refractivity contribution in [2.75, 3.05) is 25.1 Å². The Morgan fingerprint density at radius 2 is 2.26 bits per heavy atom. The average molecular weight is 453 g/mol. The number of aromatic nitrogens is 1. The van der Waals surface area contributed by atoms with Gasteiger partial charge in [-0.3, -0.25) is 15.3 Å². The molecular formula is C17H21FN7O5P. The topological polar surface area (TPSA) is 172 Å². The van der Waals surface area contributed by atoms with Gasteiger partial charge in [-0.15, -0.1) is 0 Å². The van der Waals surface area contributed by atoms with Crippen LogP contribution in [0.3, 0.4) is 0 Å². The highest BCUT2D eigenvalue weighted by atomic mass is 31.2. The number of anilines is 1. The van der Waals surface area contributed by atoms with Gasteiger partial charge in [0.2, 0.25) is 5.96 Å². The van der Waals surface area contributed by atoms with Gasteiger partial charge in [0.25, 0.3) is 0 Å². The molecule has 14 heteroatoms. The Morgan fingerprint density at radius 1 is 1.48 bits per heavy atom. The van der Waals surface area contributed by atoms with E-state index in [4.69, 9.17) is 26.2 Å². The second kappa shape index (κ2) is 9.92. The third-order valence-electron chi connectivity index (χ3n) is 4.26. The molecule has 1 atom stereocenters. The van der Waals surface area contributed by atoms with E-state index in [1.54, 1.807) is 25.2 Å². The highest BCUT2D eigenvalue weighted by Crippen LogP contribution is 2.31. The lowest BCUT2D eigenvalue weighted by Gasteiger charge is -2.15. The van der Waals surface area contributed by atoms with Crippen molar-refractivity contribution in [3.63, 3.8) is 0 Å². The zero-order valence-corrected chi connectivity index (χ0v) is 17.2. The number of carbonyl (C=O) groups is 1. The van der Waals surface area contributed by atoms with Crippen molar-refractivity contribution >= 4 is 32.2 Å². The molecule has 1 aliphatic heterocycles. The summed E-state index contributed by atoms with van der Waals surface area (Å²) < 4.78 is 24.5. The number of hydrogen-bond acceptors (Lipinski definition) is 9. The van der Waals surface area contributed by atoms with Crippen LogP contribution in [0.2, 0.25) is 0 Å². The van der Waals surface area contributed by atoms with Gasteiger partial charge in [-0.25, -0.2) is 25.9 Å². The van der Waals surface area contributed by atoms with Crippen LogP contribution in [0.15, 0.2) is 41.5 Å². The summed E-state index contributed by atoms with van der Waals surface area (Å²) in [4.78, 5) is 39.2.